The summed E-state index contributed by atoms with van der Waals surface area (Å²) in [5.74, 6) is 0.374. The average molecular weight is 205 g/mol. The van der Waals surface area contributed by atoms with Gasteiger partial charge in [0.25, 0.3) is 0 Å². The monoisotopic (exact) mass is 204 g/mol. The van der Waals surface area contributed by atoms with E-state index < -0.39 is 0 Å². The number of hydrogen-bond donors (Lipinski definition) is 0. The van der Waals surface area contributed by atoms with Gasteiger partial charge >= 0.3 is 0 Å². The van der Waals surface area contributed by atoms with Crippen LogP contribution in [0.5, 0.6) is 0 Å². The molecule has 0 spiro atoms. The molecule has 0 N–H and O–H groups in total. The number of carbonyl (C=O) groups is 1. The minimum atomic E-state index is 0.374. The van der Waals surface area contributed by atoms with Crippen molar-refractivity contribution >= 4 is 28.7 Å². The van der Waals surface area contributed by atoms with Gasteiger partial charge in [-0.25, -0.2) is 0 Å². The first-order valence-electron chi connectivity index (χ1n) is 4.38. The maximum atomic E-state index is 10.9. The molecule has 0 radical (unpaired) electrons. The second-order valence-electron chi connectivity index (χ2n) is 3.11. The van der Waals surface area contributed by atoms with Crippen LogP contribution in [0.1, 0.15) is 15.9 Å². The van der Waals surface area contributed by atoms with Crippen molar-refractivity contribution in [1.29, 1.82) is 0 Å². The van der Waals surface area contributed by atoms with Crippen molar-refractivity contribution in [3.05, 3.63) is 47.5 Å². The van der Waals surface area contributed by atoms with Gasteiger partial charge in [-0.1, -0.05) is 36.4 Å². The van der Waals surface area contributed by atoms with E-state index in [-0.39, 0.29) is 0 Å². The van der Waals surface area contributed by atoms with Crippen LogP contribution in [0, 0.1) is 0 Å². The van der Waals surface area contributed by atoms with Gasteiger partial charge in [0.05, 0.1) is 0 Å². The molecule has 0 heterocycles. The van der Waals surface area contributed by atoms with E-state index in [1.165, 1.54) is 0 Å². The molecule has 0 aromatic heterocycles. The van der Waals surface area contributed by atoms with Gasteiger partial charge in [0, 0.05) is 11.4 Å². The molecule has 0 atom stereocenters. The number of halogens is 1. The van der Waals surface area contributed by atoms with Gasteiger partial charge in [-0.15, -0.1) is 11.6 Å². The van der Waals surface area contributed by atoms with E-state index in [4.69, 9.17) is 11.6 Å². The van der Waals surface area contributed by atoms with Crippen molar-refractivity contribution in [3.63, 3.8) is 0 Å². The highest BCUT2D eigenvalue weighted by atomic mass is 35.5. The number of alkyl halides is 1. The zero-order valence-electron chi connectivity index (χ0n) is 7.53. The topological polar surface area (TPSA) is 17.1 Å². The molecule has 1 nitrogen and oxygen atoms in total. The van der Waals surface area contributed by atoms with E-state index in [9.17, 15) is 4.79 Å². The Morgan fingerprint density at radius 3 is 2.64 bits per heavy atom. The van der Waals surface area contributed by atoms with Crippen molar-refractivity contribution in [2.24, 2.45) is 0 Å². The van der Waals surface area contributed by atoms with E-state index in [2.05, 4.69) is 0 Å². The van der Waals surface area contributed by atoms with Crippen LogP contribution >= 0.6 is 11.6 Å². The lowest BCUT2D eigenvalue weighted by molar-refractivity contribution is 0.112. The van der Waals surface area contributed by atoms with Crippen LogP contribution in [0.2, 0.25) is 0 Å². The van der Waals surface area contributed by atoms with E-state index >= 15 is 0 Å². The Labute approximate surface area is 87.3 Å². The summed E-state index contributed by atoms with van der Waals surface area (Å²) in [6.45, 7) is 0. The largest absolute Gasteiger partial charge is 0.298 e. The predicted octanol–water partition coefficient (Wildman–Crippen LogP) is 3.39. The van der Waals surface area contributed by atoms with Crippen LogP contribution in [0.25, 0.3) is 10.8 Å². The molecular formula is C12H9ClO. The minimum Gasteiger partial charge on any atom is -0.298 e. The number of carbonyl (C=O) groups excluding carboxylic acids is 1. The molecule has 0 aliphatic carbocycles. The van der Waals surface area contributed by atoms with E-state index in [0.29, 0.717) is 11.4 Å². The molecule has 14 heavy (non-hydrogen) atoms. The normalized spacial score (nSPS) is 10.4. The van der Waals surface area contributed by atoms with Crippen LogP contribution < -0.4 is 0 Å². The lowest BCUT2D eigenvalue weighted by Gasteiger charge is -2.04. The molecule has 0 saturated heterocycles. The van der Waals surface area contributed by atoms with Gasteiger partial charge in [-0.05, 0) is 16.3 Å². The Morgan fingerprint density at radius 1 is 1.14 bits per heavy atom. The molecule has 0 saturated carbocycles. The molecule has 70 valence electrons. The molecular weight excluding hydrogens is 196 g/mol. The Hall–Kier alpha value is -1.34. The Bertz CT molecular complexity index is 477. The second-order valence-corrected chi connectivity index (χ2v) is 3.38. The Morgan fingerprint density at radius 2 is 1.93 bits per heavy atom. The second kappa shape index (κ2) is 3.81. The maximum absolute atomic E-state index is 10.9. The van der Waals surface area contributed by atoms with Gasteiger partial charge in [0.2, 0.25) is 0 Å². The first-order valence-corrected chi connectivity index (χ1v) is 4.92. The smallest absolute Gasteiger partial charge is 0.150 e. The van der Waals surface area contributed by atoms with E-state index in [1.54, 1.807) is 0 Å². The Balaban J connectivity index is 2.83. The fourth-order valence-electron chi connectivity index (χ4n) is 1.60. The summed E-state index contributed by atoms with van der Waals surface area (Å²) < 4.78 is 0. The highest BCUT2D eigenvalue weighted by Crippen LogP contribution is 2.21. The number of benzene rings is 2. The molecule has 2 aromatic carbocycles. The maximum Gasteiger partial charge on any atom is 0.150 e. The lowest BCUT2D eigenvalue weighted by Crippen LogP contribution is -1.90. The van der Waals surface area contributed by atoms with Crippen LogP contribution in [0.15, 0.2) is 36.4 Å². The molecule has 2 rings (SSSR count). The fourth-order valence-corrected chi connectivity index (χ4v) is 1.83. The Kier molecular flexibility index (Phi) is 2.51. The first kappa shape index (κ1) is 9.22. The van der Waals surface area contributed by atoms with Crippen LogP contribution in [0.3, 0.4) is 0 Å². The van der Waals surface area contributed by atoms with Gasteiger partial charge in [-0.2, -0.15) is 0 Å². The fraction of sp³-hybridized carbons (Fsp3) is 0.0833. The quantitative estimate of drug-likeness (QED) is 0.541. The van der Waals surface area contributed by atoms with Crippen LogP contribution in [-0.4, -0.2) is 6.29 Å². The van der Waals surface area contributed by atoms with Crippen molar-refractivity contribution in [3.8, 4) is 0 Å². The van der Waals surface area contributed by atoms with Gasteiger partial charge in [0.15, 0.2) is 6.29 Å². The molecule has 0 amide bonds. The molecule has 2 aromatic rings. The molecule has 0 unspecified atom stereocenters. The predicted molar refractivity (Wildman–Crippen MR) is 58.9 cm³/mol. The molecule has 2 heteroatoms. The molecule has 0 aliphatic rings. The van der Waals surface area contributed by atoms with Gasteiger partial charge < -0.3 is 0 Å². The van der Waals surface area contributed by atoms with Crippen molar-refractivity contribution in [2.45, 2.75) is 5.88 Å². The van der Waals surface area contributed by atoms with Crippen molar-refractivity contribution in [1.82, 2.24) is 0 Å². The number of fused-ring (bicyclic) bond motifs is 1. The number of rotatable bonds is 2. The summed E-state index contributed by atoms with van der Waals surface area (Å²) in [4.78, 5) is 10.9. The average Bonchev–Trinajstić information content (AvgIpc) is 2.27. The zero-order chi connectivity index (χ0) is 9.97. The van der Waals surface area contributed by atoms with E-state index in [0.717, 1.165) is 22.6 Å². The van der Waals surface area contributed by atoms with Gasteiger partial charge in [-0.3, -0.25) is 4.79 Å². The summed E-state index contributed by atoms with van der Waals surface area (Å²) >= 11 is 5.75. The highest BCUT2D eigenvalue weighted by molar-refractivity contribution is 6.18. The molecule has 0 fully saturated rings. The SMILES string of the molecule is O=Cc1c(CCl)ccc2ccccc12. The highest BCUT2D eigenvalue weighted by Gasteiger charge is 2.04. The summed E-state index contributed by atoms with van der Waals surface area (Å²) in [7, 11) is 0. The van der Waals surface area contributed by atoms with E-state index in [1.807, 2.05) is 36.4 Å². The lowest BCUT2D eigenvalue weighted by atomic mass is 10.0. The summed E-state index contributed by atoms with van der Waals surface area (Å²) in [6, 6.07) is 11.7. The first-order chi connectivity index (χ1) is 6.86. The number of hydrogen-bond acceptors (Lipinski definition) is 1. The summed E-state index contributed by atoms with van der Waals surface area (Å²) in [6.07, 6.45) is 0.875. The third-order valence-corrected chi connectivity index (χ3v) is 2.61. The third-order valence-electron chi connectivity index (χ3n) is 2.32. The summed E-state index contributed by atoms with van der Waals surface area (Å²) in [5, 5.41) is 2.05. The molecule has 0 aliphatic heterocycles. The van der Waals surface area contributed by atoms with Crippen LogP contribution in [0.4, 0.5) is 0 Å². The third kappa shape index (κ3) is 1.40. The standard InChI is InChI=1S/C12H9ClO/c13-7-10-6-5-9-3-1-2-4-11(9)12(10)8-14/h1-6,8H,7H2. The molecule has 0 bridgehead atoms. The minimum absolute atomic E-state index is 0.374. The van der Waals surface area contributed by atoms with Crippen LogP contribution in [-0.2, 0) is 5.88 Å². The summed E-state index contributed by atoms with van der Waals surface area (Å²) in [5.41, 5.74) is 1.60. The zero-order valence-corrected chi connectivity index (χ0v) is 8.29. The van der Waals surface area contributed by atoms with Crippen molar-refractivity contribution in [2.75, 3.05) is 0 Å². The van der Waals surface area contributed by atoms with Gasteiger partial charge in [0.1, 0.15) is 0 Å². The van der Waals surface area contributed by atoms with Crippen molar-refractivity contribution < 1.29 is 4.79 Å². The number of aldehydes is 1.